The molecule has 3 aromatic carbocycles. The summed E-state index contributed by atoms with van der Waals surface area (Å²) >= 11 is 0. The van der Waals surface area contributed by atoms with Crippen LogP contribution in [0.5, 0.6) is 0 Å². The second kappa shape index (κ2) is 10.1. The molecule has 1 unspecified atom stereocenters. The van der Waals surface area contributed by atoms with Crippen LogP contribution < -0.4 is 15.5 Å². The topological polar surface area (TPSA) is 99.5 Å². The summed E-state index contributed by atoms with van der Waals surface area (Å²) in [6.45, 7) is 0.506. The number of nitrogens with one attached hydrogen (secondary N) is 2. The summed E-state index contributed by atoms with van der Waals surface area (Å²) < 4.78 is 40.7. The Hall–Kier alpha value is -4.54. The summed E-state index contributed by atoms with van der Waals surface area (Å²) in [4.78, 5) is 26.2. The van der Waals surface area contributed by atoms with Crippen LogP contribution in [0.3, 0.4) is 0 Å². The summed E-state index contributed by atoms with van der Waals surface area (Å²) in [6, 6.07) is 17.3. The number of aryl methyl sites for hydroxylation is 1. The van der Waals surface area contributed by atoms with Gasteiger partial charge in [0.1, 0.15) is 0 Å². The molecule has 0 aliphatic carbocycles. The van der Waals surface area contributed by atoms with E-state index in [4.69, 9.17) is 0 Å². The zero-order valence-corrected chi connectivity index (χ0v) is 20.1. The zero-order valence-electron chi connectivity index (χ0n) is 20.1. The maximum atomic E-state index is 13.3. The van der Waals surface area contributed by atoms with Gasteiger partial charge in [-0.2, -0.15) is 23.0 Å². The molecular weight excluding hydrogens is 499 g/mol. The second-order valence-corrected chi connectivity index (χ2v) is 9.06. The number of benzene rings is 3. The van der Waals surface area contributed by atoms with Gasteiger partial charge >= 0.3 is 18.3 Å². The Morgan fingerprint density at radius 1 is 1.05 bits per heavy atom. The van der Waals surface area contributed by atoms with Crippen molar-refractivity contribution in [3.8, 4) is 0 Å². The summed E-state index contributed by atoms with van der Waals surface area (Å²) in [5, 5.41) is 19.2. The standard InChI is InChI=1S/C27H24F3N5O3/c28-27(29,30)19-7-3-5-17(13-19)16-34-20(12-11-18-6-1-2-9-23(18)34)14-31-25(36)33-22-8-4-10-24-21(22)15-32-35(24)26(37)38/h1-10,13,15,20H,11-12,14,16H2,(H,37,38)(H2,31,33,36). The zero-order chi connectivity index (χ0) is 26.9. The Labute approximate surface area is 215 Å². The van der Waals surface area contributed by atoms with Gasteiger partial charge in [-0.25, -0.2) is 9.59 Å². The first kappa shape index (κ1) is 25.1. The van der Waals surface area contributed by atoms with Crippen molar-refractivity contribution in [1.82, 2.24) is 15.1 Å². The quantitative estimate of drug-likeness (QED) is 0.311. The van der Waals surface area contributed by atoms with Gasteiger partial charge in [0.15, 0.2) is 0 Å². The smallest absolute Gasteiger partial charge is 0.432 e. The number of fused-ring (bicyclic) bond motifs is 2. The van der Waals surface area contributed by atoms with Crippen LogP contribution >= 0.6 is 0 Å². The minimum absolute atomic E-state index is 0.157. The van der Waals surface area contributed by atoms with Crippen molar-refractivity contribution in [2.24, 2.45) is 0 Å². The molecular formula is C27H24F3N5O3. The number of hydrogen-bond donors (Lipinski definition) is 3. The molecule has 0 radical (unpaired) electrons. The number of rotatable bonds is 5. The third kappa shape index (κ3) is 5.13. The molecule has 0 saturated heterocycles. The van der Waals surface area contributed by atoms with Gasteiger partial charge in [0, 0.05) is 30.2 Å². The molecule has 3 N–H and O–H groups in total. The lowest BCUT2D eigenvalue weighted by molar-refractivity contribution is -0.137. The number of carboxylic acid groups (broad SMARTS) is 1. The molecule has 0 spiro atoms. The number of urea groups is 1. The van der Waals surface area contributed by atoms with Crippen LogP contribution in [0.2, 0.25) is 0 Å². The van der Waals surface area contributed by atoms with E-state index in [1.165, 1.54) is 12.3 Å². The van der Waals surface area contributed by atoms with Crippen molar-refractivity contribution in [2.45, 2.75) is 31.6 Å². The summed E-state index contributed by atoms with van der Waals surface area (Å²) in [5.41, 5.74) is 2.59. The van der Waals surface area contributed by atoms with Crippen LogP contribution in [0.1, 0.15) is 23.1 Å². The molecule has 0 saturated carbocycles. The Kier molecular flexibility index (Phi) is 6.66. The van der Waals surface area contributed by atoms with E-state index in [-0.39, 0.29) is 19.1 Å². The van der Waals surface area contributed by atoms with E-state index in [1.54, 1.807) is 24.3 Å². The first-order valence-corrected chi connectivity index (χ1v) is 12.0. The fraction of sp³-hybridized carbons (Fsp3) is 0.222. The van der Waals surface area contributed by atoms with Gasteiger partial charge in [0.2, 0.25) is 0 Å². The molecule has 1 aliphatic rings. The number of para-hydroxylation sites is 1. The molecule has 4 aromatic rings. The highest BCUT2D eigenvalue weighted by Gasteiger charge is 2.31. The number of carbonyl (C=O) groups excluding carboxylic acids is 1. The van der Waals surface area contributed by atoms with Gasteiger partial charge in [-0.15, -0.1) is 0 Å². The molecule has 1 atom stereocenters. The number of halogens is 3. The predicted molar refractivity (Wildman–Crippen MR) is 136 cm³/mol. The molecule has 8 nitrogen and oxygen atoms in total. The monoisotopic (exact) mass is 523 g/mol. The highest BCUT2D eigenvalue weighted by Crippen LogP contribution is 2.34. The molecule has 1 aliphatic heterocycles. The van der Waals surface area contributed by atoms with Gasteiger partial charge < -0.3 is 20.6 Å². The van der Waals surface area contributed by atoms with E-state index in [9.17, 15) is 27.9 Å². The van der Waals surface area contributed by atoms with Crippen molar-refractivity contribution in [3.05, 3.63) is 89.6 Å². The molecule has 38 heavy (non-hydrogen) atoms. The van der Waals surface area contributed by atoms with Crippen molar-refractivity contribution >= 4 is 34.4 Å². The third-order valence-corrected chi connectivity index (χ3v) is 6.64. The summed E-state index contributed by atoms with van der Waals surface area (Å²) in [5.74, 6) is 0. The van der Waals surface area contributed by atoms with Gasteiger partial charge in [-0.3, -0.25) is 0 Å². The maximum Gasteiger partial charge on any atom is 0.432 e. The number of carbonyl (C=O) groups is 2. The Morgan fingerprint density at radius 2 is 1.84 bits per heavy atom. The van der Waals surface area contributed by atoms with Crippen LogP contribution in [0.4, 0.5) is 34.1 Å². The second-order valence-electron chi connectivity index (χ2n) is 9.06. The molecule has 5 rings (SSSR count). The first-order chi connectivity index (χ1) is 18.2. The molecule has 1 aromatic heterocycles. The van der Waals surface area contributed by atoms with Crippen LogP contribution in [0, 0.1) is 0 Å². The number of anilines is 2. The van der Waals surface area contributed by atoms with Crippen molar-refractivity contribution < 1.29 is 27.9 Å². The fourth-order valence-electron chi connectivity index (χ4n) is 4.84. The average Bonchev–Trinajstić information content (AvgIpc) is 3.34. The molecule has 0 bridgehead atoms. The van der Waals surface area contributed by atoms with Gasteiger partial charge in [-0.1, -0.05) is 36.4 Å². The number of hydrogen-bond acceptors (Lipinski definition) is 4. The minimum atomic E-state index is -4.43. The fourth-order valence-corrected chi connectivity index (χ4v) is 4.84. The lowest BCUT2D eigenvalue weighted by Crippen LogP contribution is -2.47. The first-order valence-electron chi connectivity index (χ1n) is 12.0. The SMILES string of the molecule is O=C(NCC1CCc2ccccc2N1Cc1cccc(C(F)(F)F)c1)Nc1cccc2c1cnn2C(=O)O. The Bertz CT molecular complexity index is 1500. The highest BCUT2D eigenvalue weighted by molar-refractivity contribution is 6.02. The lowest BCUT2D eigenvalue weighted by atomic mass is 9.94. The number of alkyl halides is 3. The summed E-state index contributed by atoms with van der Waals surface area (Å²) in [7, 11) is 0. The van der Waals surface area contributed by atoms with E-state index >= 15 is 0 Å². The number of aromatic nitrogens is 2. The van der Waals surface area contributed by atoms with E-state index in [0.717, 1.165) is 34.5 Å². The Morgan fingerprint density at radius 3 is 2.63 bits per heavy atom. The lowest BCUT2D eigenvalue weighted by Gasteiger charge is -2.39. The largest absolute Gasteiger partial charge is 0.463 e. The van der Waals surface area contributed by atoms with E-state index in [1.807, 2.05) is 29.2 Å². The molecule has 11 heteroatoms. The molecule has 196 valence electrons. The minimum Gasteiger partial charge on any atom is -0.463 e. The predicted octanol–water partition coefficient (Wildman–Crippen LogP) is 5.72. The average molecular weight is 524 g/mol. The van der Waals surface area contributed by atoms with Crippen LogP contribution in [0.25, 0.3) is 10.9 Å². The van der Waals surface area contributed by atoms with E-state index < -0.39 is 23.9 Å². The normalized spacial score (nSPS) is 15.2. The van der Waals surface area contributed by atoms with E-state index in [0.29, 0.717) is 28.6 Å². The van der Waals surface area contributed by atoms with Crippen molar-refractivity contribution in [3.63, 3.8) is 0 Å². The van der Waals surface area contributed by atoms with Crippen molar-refractivity contribution in [1.29, 1.82) is 0 Å². The molecule has 2 amide bonds. The number of amides is 2. The molecule has 0 fully saturated rings. The van der Waals surface area contributed by atoms with E-state index in [2.05, 4.69) is 15.7 Å². The van der Waals surface area contributed by atoms with Crippen LogP contribution in [-0.2, 0) is 19.1 Å². The Balaban J connectivity index is 1.33. The van der Waals surface area contributed by atoms with Gasteiger partial charge in [-0.05, 0) is 54.3 Å². The maximum absolute atomic E-state index is 13.3. The van der Waals surface area contributed by atoms with Crippen molar-refractivity contribution in [2.75, 3.05) is 16.8 Å². The van der Waals surface area contributed by atoms with Gasteiger partial charge in [0.05, 0.1) is 23.0 Å². The highest BCUT2D eigenvalue weighted by atomic mass is 19.4. The third-order valence-electron chi connectivity index (χ3n) is 6.64. The number of nitrogens with zero attached hydrogens (tertiary/aromatic N) is 3. The van der Waals surface area contributed by atoms with Gasteiger partial charge in [0.25, 0.3) is 0 Å². The van der Waals surface area contributed by atoms with Crippen LogP contribution in [-0.4, -0.2) is 39.6 Å². The van der Waals surface area contributed by atoms with Crippen LogP contribution in [0.15, 0.2) is 72.9 Å². The molecule has 2 heterocycles. The summed E-state index contributed by atoms with van der Waals surface area (Å²) in [6.07, 6.45) is -2.82.